The molecule has 0 aliphatic rings. The number of hydrogen-bond donors (Lipinski definition) is 1. The quantitative estimate of drug-likeness (QED) is 0.797. The molecule has 0 spiro atoms. The zero-order valence-electron chi connectivity index (χ0n) is 11.5. The summed E-state index contributed by atoms with van der Waals surface area (Å²) in [5.74, 6) is -1.90. The van der Waals surface area contributed by atoms with Gasteiger partial charge in [0.15, 0.2) is 0 Å². The largest absolute Gasteiger partial charge is 0.306 e. The zero-order chi connectivity index (χ0) is 15.4. The van der Waals surface area contributed by atoms with Gasteiger partial charge in [-0.15, -0.1) is 0 Å². The number of nitrogens with one attached hydrogen (secondary N) is 1. The molecule has 0 saturated heterocycles. The van der Waals surface area contributed by atoms with Crippen LogP contribution < -0.4 is 5.32 Å². The van der Waals surface area contributed by atoms with E-state index in [9.17, 15) is 13.2 Å². The Hall–Kier alpha value is -1.33. The molecule has 0 aliphatic carbocycles. The van der Waals surface area contributed by atoms with E-state index in [1.165, 1.54) is 30.3 Å². The molecule has 0 aromatic heterocycles. The van der Waals surface area contributed by atoms with Gasteiger partial charge in [-0.3, -0.25) is 0 Å². The highest BCUT2D eigenvalue weighted by atomic mass is 79.9. The molecule has 0 bridgehead atoms. The Balaban J connectivity index is 2.59. The predicted octanol–water partition coefficient (Wildman–Crippen LogP) is 4.96. The molecule has 0 amide bonds. The van der Waals surface area contributed by atoms with Crippen molar-refractivity contribution in [1.29, 1.82) is 0 Å². The minimum absolute atomic E-state index is 0.170. The van der Waals surface area contributed by atoms with E-state index >= 15 is 0 Å². The van der Waals surface area contributed by atoms with E-state index < -0.39 is 23.5 Å². The first-order valence-electron chi connectivity index (χ1n) is 6.67. The molecule has 5 heteroatoms. The van der Waals surface area contributed by atoms with Gasteiger partial charge in [-0.05, 0) is 37.2 Å². The van der Waals surface area contributed by atoms with Crippen LogP contribution in [0.4, 0.5) is 13.2 Å². The molecule has 112 valence electrons. The van der Waals surface area contributed by atoms with Crippen LogP contribution in [-0.4, -0.2) is 6.54 Å². The molecule has 0 heterocycles. The molecule has 1 N–H and O–H groups in total. The molecule has 0 aliphatic heterocycles. The molecule has 0 radical (unpaired) electrons. The lowest BCUT2D eigenvalue weighted by molar-refractivity contribution is 0.487. The molecular weight excluding hydrogens is 343 g/mol. The van der Waals surface area contributed by atoms with Crippen LogP contribution in [0.15, 0.2) is 40.9 Å². The Morgan fingerprint density at radius 3 is 2.00 bits per heavy atom. The van der Waals surface area contributed by atoms with Crippen molar-refractivity contribution in [3.63, 3.8) is 0 Å². The van der Waals surface area contributed by atoms with Gasteiger partial charge in [0, 0.05) is 15.6 Å². The summed E-state index contributed by atoms with van der Waals surface area (Å²) >= 11 is 3.26. The third-order valence-corrected chi connectivity index (χ3v) is 3.87. The van der Waals surface area contributed by atoms with Crippen molar-refractivity contribution in [3.8, 4) is 0 Å². The normalized spacial score (nSPS) is 12.4. The minimum Gasteiger partial charge on any atom is -0.306 e. The van der Waals surface area contributed by atoms with Gasteiger partial charge in [-0.1, -0.05) is 35.0 Å². The van der Waals surface area contributed by atoms with E-state index in [0.717, 1.165) is 6.42 Å². The Morgan fingerprint density at radius 2 is 1.48 bits per heavy atom. The van der Waals surface area contributed by atoms with Crippen LogP contribution in [0.3, 0.4) is 0 Å². The van der Waals surface area contributed by atoms with E-state index in [-0.39, 0.29) is 11.1 Å². The van der Waals surface area contributed by atoms with Gasteiger partial charge in [0.05, 0.1) is 6.04 Å². The molecule has 1 unspecified atom stereocenters. The second-order valence-electron chi connectivity index (χ2n) is 4.66. The molecule has 2 aromatic carbocycles. The Kier molecular flexibility index (Phi) is 5.42. The standard InChI is InChI=1S/C16H15BrF3N/c1-2-9-21-16(14-10(17)5-3-6-11(14)18)15-12(19)7-4-8-13(15)20/h3-8,16,21H,2,9H2,1H3. The Morgan fingerprint density at radius 1 is 0.952 bits per heavy atom. The number of halogens is 4. The van der Waals surface area contributed by atoms with Crippen molar-refractivity contribution in [1.82, 2.24) is 5.32 Å². The second-order valence-corrected chi connectivity index (χ2v) is 5.51. The molecule has 1 atom stereocenters. The Labute approximate surface area is 130 Å². The molecule has 2 aromatic rings. The summed E-state index contributed by atoms with van der Waals surface area (Å²) in [5.41, 5.74) is 0.0340. The molecule has 0 saturated carbocycles. The van der Waals surface area contributed by atoms with E-state index in [1.807, 2.05) is 6.92 Å². The maximum absolute atomic E-state index is 14.2. The summed E-state index contributed by atoms with van der Waals surface area (Å²) in [7, 11) is 0. The summed E-state index contributed by atoms with van der Waals surface area (Å²) in [4.78, 5) is 0. The van der Waals surface area contributed by atoms with Crippen LogP contribution in [-0.2, 0) is 0 Å². The highest BCUT2D eigenvalue weighted by Gasteiger charge is 2.25. The first-order valence-corrected chi connectivity index (χ1v) is 7.46. The summed E-state index contributed by atoms with van der Waals surface area (Å²) in [5, 5.41) is 3.02. The Bertz CT molecular complexity index is 539. The average Bonchev–Trinajstić information content (AvgIpc) is 2.43. The van der Waals surface area contributed by atoms with Crippen molar-refractivity contribution in [2.45, 2.75) is 19.4 Å². The van der Waals surface area contributed by atoms with Crippen molar-refractivity contribution < 1.29 is 13.2 Å². The van der Waals surface area contributed by atoms with Crippen LogP contribution >= 0.6 is 15.9 Å². The van der Waals surface area contributed by atoms with Gasteiger partial charge in [-0.25, -0.2) is 13.2 Å². The first kappa shape index (κ1) is 16.0. The van der Waals surface area contributed by atoms with E-state index in [4.69, 9.17) is 0 Å². The zero-order valence-corrected chi connectivity index (χ0v) is 13.1. The first-order chi connectivity index (χ1) is 10.1. The maximum Gasteiger partial charge on any atom is 0.131 e. The van der Waals surface area contributed by atoms with E-state index in [2.05, 4.69) is 21.2 Å². The SMILES string of the molecule is CCCNC(c1c(F)cccc1F)c1c(F)cccc1Br. The highest BCUT2D eigenvalue weighted by molar-refractivity contribution is 9.10. The predicted molar refractivity (Wildman–Crippen MR) is 80.6 cm³/mol. The molecule has 0 fully saturated rings. The fourth-order valence-corrected chi connectivity index (χ4v) is 2.78. The van der Waals surface area contributed by atoms with E-state index in [0.29, 0.717) is 11.0 Å². The van der Waals surface area contributed by atoms with Gasteiger partial charge < -0.3 is 5.32 Å². The third-order valence-electron chi connectivity index (χ3n) is 3.18. The van der Waals surface area contributed by atoms with Gasteiger partial charge in [0.25, 0.3) is 0 Å². The van der Waals surface area contributed by atoms with Crippen LogP contribution in [0.2, 0.25) is 0 Å². The number of benzene rings is 2. The second kappa shape index (κ2) is 7.09. The number of rotatable bonds is 5. The summed E-state index contributed by atoms with van der Waals surface area (Å²) in [6, 6.07) is 7.22. The van der Waals surface area contributed by atoms with Crippen LogP contribution in [0.1, 0.15) is 30.5 Å². The highest BCUT2D eigenvalue weighted by Crippen LogP contribution is 2.33. The van der Waals surface area contributed by atoms with E-state index in [1.54, 1.807) is 6.07 Å². The van der Waals surface area contributed by atoms with Crippen molar-refractivity contribution in [3.05, 3.63) is 69.4 Å². The third kappa shape index (κ3) is 3.47. The maximum atomic E-state index is 14.2. The van der Waals surface area contributed by atoms with Crippen LogP contribution in [0.25, 0.3) is 0 Å². The van der Waals surface area contributed by atoms with Crippen molar-refractivity contribution in [2.75, 3.05) is 6.54 Å². The molecular formula is C16H15BrF3N. The van der Waals surface area contributed by atoms with Crippen molar-refractivity contribution in [2.24, 2.45) is 0 Å². The van der Waals surface area contributed by atoms with Gasteiger partial charge in [0.1, 0.15) is 17.5 Å². The average molecular weight is 358 g/mol. The summed E-state index contributed by atoms with van der Waals surface area (Å²) in [6.07, 6.45) is 0.763. The smallest absolute Gasteiger partial charge is 0.131 e. The lowest BCUT2D eigenvalue weighted by atomic mass is 9.97. The van der Waals surface area contributed by atoms with Gasteiger partial charge >= 0.3 is 0 Å². The van der Waals surface area contributed by atoms with Crippen LogP contribution in [0.5, 0.6) is 0 Å². The fourth-order valence-electron chi connectivity index (χ4n) is 2.21. The van der Waals surface area contributed by atoms with Crippen LogP contribution in [0, 0.1) is 17.5 Å². The monoisotopic (exact) mass is 357 g/mol. The van der Waals surface area contributed by atoms with Gasteiger partial charge in [-0.2, -0.15) is 0 Å². The topological polar surface area (TPSA) is 12.0 Å². The number of hydrogen-bond acceptors (Lipinski definition) is 1. The van der Waals surface area contributed by atoms with Gasteiger partial charge in [0.2, 0.25) is 0 Å². The lowest BCUT2D eigenvalue weighted by Gasteiger charge is -2.22. The fraction of sp³-hybridized carbons (Fsp3) is 0.250. The molecule has 2 rings (SSSR count). The summed E-state index contributed by atoms with van der Waals surface area (Å²) < 4.78 is 42.8. The molecule has 1 nitrogen and oxygen atoms in total. The summed E-state index contributed by atoms with van der Waals surface area (Å²) in [6.45, 7) is 2.44. The lowest BCUT2D eigenvalue weighted by Crippen LogP contribution is -2.26. The molecule has 21 heavy (non-hydrogen) atoms. The minimum atomic E-state index is -0.887. The van der Waals surface area contributed by atoms with Crippen molar-refractivity contribution >= 4 is 15.9 Å².